The van der Waals surface area contributed by atoms with Crippen LogP contribution in [-0.2, 0) is 12.8 Å². The van der Waals surface area contributed by atoms with Gasteiger partial charge in [-0.15, -0.1) is 0 Å². The van der Waals surface area contributed by atoms with Crippen molar-refractivity contribution in [2.24, 2.45) is 0 Å². The highest BCUT2D eigenvalue weighted by Crippen LogP contribution is 2.29. The van der Waals surface area contributed by atoms with E-state index in [1.165, 1.54) is 16.8 Å². The zero-order valence-corrected chi connectivity index (χ0v) is 10.5. The van der Waals surface area contributed by atoms with Crippen LogP contribution in [-0.4, -0.2) is 23.8 Å². The van der Waals surface area contributed by atoms with Crippen LogP contribution in [0.2, 0.25) is 0 Å². The smallest absolute Gasteiger partial charge is 0.0631 e. The van der Waals surface area contributed by atoms with Crippen LogP contribution in [0.3, 0.4) is 0 Å². The summed E-state index contributed by atoms with van der Waals surface area (Å²) in [5.74, 6) is 0. The van der Waals surface area contributed by atoms with E-state index in [4.69, 9.17) is 0 Å². The maximum absolute atomic E-state index is 9.83. The van der Waals surface area contributed by atoms with E-state index in [1.54, 1.807) is 0 Å². The molecule has 0 bridgehead atoms. The number of nitrogens with zero attached hydrogens (tertiary/aromatic N) is 1. The van der Waals surface area contributed by atoms with Crippen LogP contribution in [0.25, 0.3) is 0 Å². The van der Waals surface area contributed by atoms with Crippen molar-refractivity contribution in [3.05, 3.63) is 29.3 Å². The van der Waals surface area contributed by atoms with E-state index >= 15 is 0 Å². The van der Waals surface area contributed by atoms with Gasteiger partial charge < -0.3 is 10.0 Å². The van der Waals surface area contributed by atoms with E-state index < -0.39 is 5.60 Å². The van der Waals surface area contributed by atoms with Crippen molar-refractivity contribution >= 4 is 5.69 Å². The summed E-state index contributed by atoms with van der Waals surface area (Å²) in [4.78, 5) is 2.41. The van der Waals surface area contributed by atoms with Gasteiger partial charge in [-0.1, -0.05) is 12.1 Å². The summed E-state index contributed by atoms with van der Waals surface area (Å²) >= 11 is 0. The number of anilines is 1. The Hall–Kier alpha value is -1.02. The molecule has 0 saturated carbocycles. The lowest BCUT2D eigenvalue weighted by atomic mass is 9.97. The average molecular weight is 219 g/mol. The van der Waals surface area contributed by atoms with Gasteiger partial charge >= 0.3 is 0 Å². The molecule has 0 radical (unpaired) electrons. The second-order valence-corrected chi connectivity index (χ2v) is 5.28. The molecule has 0 aliphatic carbocycles. The standard InChI is InChI=1S/C14H21NO/c1-4-15-8-7-12-6-5-11(9-13(12)15)10-14(2,3)16/h5-6,9,16H,4,7-8,10H2,1-3H3. The van der Waals surface area contributed by atoms with Crippen molar-refractivity contribution in [3.8, 4) is 0 Å². The minimum Gasteiger partial charge on any atom is -0.390 e. The van der Waals surface area contributed by atoms with Gasteiger partial charge in [0.2, 0.25) is 0 Å². The summed E-state index contributed by atoms with van der Waals surface area (Å²) in [5, 5.41) is 9.83. The molecule has 1 aliphatic rings. The Morgan fingerprint density at radius 3 is 2.75 bits per heavy atom. The van der Waals surface area contributed by atoms with Crippen molar-refractivity contribution in [1.82, 2.24) is 0 Å². The zero-order chi connectivity index (χ0) is 11.8. The molecule has 16 heavy (non-hydrogen) atoms. The van der Waals surface area contributed by atoms with Gasteiger partial charge in [0.05, 0.1) is 5.60 Å². The Morgan fingerprint density at radius 2 is 2.12 bits per heavy atom. The molecule has 0 fully saturated rings. The van der Waals surface area contributed by atoms with E-state index in [2.05, 4.69) is 30.0 Å². The normalized spacial score (nSPS) is 15.4. The summed E-state index contributed by atoms with van der Waals surface area (Å²) in [7, 11) is 0. The Kier molecular flexibility index (Phi) is 2.94. The van der Waals surface area contributed by atoms with Crippen molar-refractivity contribution in [2.75, 3.05) is 18.0 Å². The lowest BCUT2D eigenvalue weighted by molar-refractivity contribution is 0.0810. The fraction of sp³-hybridized carbons (Fsp3) is 0.571. The molecule has 1 aromatic rings. The van der Waals surface area contributed by atoms with Crippen LogP contribution in [0.1, 0.15) is 31.9 Å². The Morgan fingerprint density at radius 1 is 1.38 bits per heavy atom. The summed E-state index contributed by atoms with van der Waals surface area (Å²) < 4.78 is 0. The lowest BCUT2D eigenvalue weighted by Gasteiger charge is -2.20. The molecule has 1 aliphatic heterocycles. The molecule has 1 heterocycles. The van der Waals surface area contributed by atoms with Crippen molar-refractivity contribution < 1.29 is 5.11 Å². The van der Waals surface area contributed by atoms with Gasteiger partial charge in [-0.2, -0.15) is 0 Å². The monoisotopic (exact) mass is 219 g/mol. The summed E-state index contributed by atoms with van der Waals surface area (Å²) in [6.45, 7) is 8.12. The lowest BCUT2D eigenvalue weighted by Crippen LogP contribution is -2.22. The van der Waals surface area contributed by atoms with Crippen LogP contribution in [0.4, 0.5) is 5.69 Å². The first-order valence-electron chi connectivity index (χ1n) is 6.09. The van der Waals surface area contributed by atoms with Gasteiger partial charge in [-0.25, -0.2) is 0 Å². The fourth-order valence-corrected chi connectivity index (χ4v) is 2.43. The first-order valence-corrected chi connectivity index (χ1v) is 6.09. The van der Waals surface area contributed by atoms with E-state index in [-0.39, 0.29) is 0 Å². The summed E-state index contributed by atoms with van der Waals surface area (Å²) in [5.41, 5.74) is 3.42. The molecule has 0 amide bonds. The number of hydrogen-bond donors (Lipinski definition) is 1. The third-order valence-electron chi connectivity index (χ3n) is 3.16. The average Bonchev–Trinajstić information content (AvgIpc) is 2.57. The van der Waals surface area contributed by atoms with Crippen LogP contribution >= 0.6 is 0 Å². The highest BCUT2D eigenvalue weighted by atomic mass is 16.3. The van der Waals surface area contributed by atoms with Gasteiger partial charge in [0, 0.05) is 25.2 Å². The second-order valence-electron chi connectivity index (χ2n) is 5.28. The Labute approximate surface area is 97.9 Å². The van der Waals surface area contributed by atoms with Crippen LogP contribution in [0, 0.1) is 0 Å². The van der Waals surface area contributed by atoms with Gasteiger partial charge in [0.1, 0.15) is 0 Å². The minimum absolute atomic E-state index is 0.621. The maximum atomic E-state index is 9.83. The van der Waals surface area contributed by atoms with Gasteiger partial charge in [-0.05, 0) is 44.4 Å². The summed E-state index contributed by atoms with van der Waals surface area (Å²) in [6.07, 6.45) is 1.88. The van der Waals surface area contributed by atoms with Crippen LogP contribution in [0.15, 0.2) is 18.2 Å². The second kappa shape index (κ2) is 4.10. The number of likely N-dealkylation sites (N-methyl/N-ethyl adjacent to an activating group) is 1. The molecule has 2 rings (SSSR count). The largest absolute Gasteiger partial charge is 0.390 e. The molecular formula is C14H21NO. The third kappa shape index (κ3) is 2.38. The van der Waals surface area contributed by atoms with E-state index in [0.29, 0.717) is 0 Å². The number of fused-ring (bicyclic) bond motifs is 1. The highest BCUT2D eigenvalue weighted by Gasteiger charge is 2.19. The van der Waals surface area contributed by atoms with Gasteiger partial charge in [0.15, 0.2) is 0 Å². The third-order valence-corrected chi connectivity index (χ3v) is 3.16. The molecule has 0 atom stereocenters. The van der Waals surface area contributed by atoms with Gasteiger partial charge in [0.25, 0.3) is 0 Å². The molecule has 0 unspecified atom stereocenters. The van der Waals surface area contributed by atoms with Crippen LogP contribution < -0.4 is 4.90 Å². The maximum Gasteiger partial charge on any atom is 0.0631 e. The van der Waals surface area contributed by atoms with E-state index in [9.17, 15) is 5.11 Å². The zero-order valence-electron chi connectivity index (χ0n) is 10.5. The van der Waals surface area contributed by atoms with E-state index in [0.717, 1.165) is 25.9 Å². The number of benzene rings is 1. The molecule has 1 aromatic carbocycles. The quantitative estimate of drug-likeness (QED) is 0.843. The number of aliphatic hydroxyl groups is 1. The molecular weight excluding hydrogens is 198 g/mol. The molecule has 2 heteroatoms. The predicted molar refractivity (Wildman–Crippen MR) is 68.0 cm³/mol. The topological polar surface area (TPSA) is 23.5 Å². The summed E-state index contributed by atoms with van der Waals surface area (Å²) in [6, 6.07) is 6.60. The SMILES string of the molecule is CCN1CCc2ccc(CC(C)(C)O)cc21. The highest BCUT2D eigenvalue weighted by molar-refractivity contribution is 5.59. The Balaban J connectivity index is 2.25. The fourth-order valence-electron chi connectivity index (χ4n) is 2.43. The minimum atomic E-state index is -0.621. The molecule has 88 valence electrons. The first-order chi connectivity index (χ1) is 7.49. The number of hydrogen-bond acceptors (Lipinski definition) is 2. The van der Waals surface area contributed by atoms with Crippen molar-refractivity contribution in [3.63, 3.8) is 0 Å². The molecule has 2 nitrogen and oxygen atoms in total. The first kappa shape index (κ1) is 11.5. The Bertz CT molecular complexity index is 379. The molecule has 0 saturated heterocycles. The van der Waals surface area contributed by atoms with Crippen LogP contribution in [0.5, 0.6) is 0 Å². The van der Waals surface area contributed by atoms with Crippen molar-refractivity contribution in [1.29, 1.82) is 0 Å². The van der Waals surface area contributed by atoms with Gasteiger partial charge in [-0.3, -0.25) is 0 Å². The van der Waals surface area contributed by atoms with E-state index in [1.807, 2.05) is 13.8 Å². The molecule has 1 N–H and O–H groups in total. The molecule has 0 spiro atoms. The van der Waals surface area contributed by atoms with Crippen molar-refractivity contribution in [2.45, 2.75) is 39.2 Å². The number of rotatable bonds is 3. The predicted octanol–water partition coefficient (Wildman–Crippen LogP) is 2.38. The molecule has 0 aromatic heterocycles.